The van der Waals surface area contributed by atoms with E-state index < -0.39 is 5.41 Å². The molecule has 102 valence electrons. The molecule has 0 bridgehead atoms. The van der Waals surface area contributed by atoms with Crippen LogP contribution in [0, 0.1) is 23.7 Å². The van der Waals surface area contributed by atoms with Gasteiger partial charge in [0.25, 0.3) is 0 Å². The molecular formula is C15H16N4O. The highest BCUT2D eigenvalue weighted by Gasteiger charge is 2.46. The Labute approximate surface area is 117 Å². The second-order valence-corrected chi connectivity index (χ2v) is 5.44. The summed E-state index contributed by atoms with van der Waals surface area (Å²) in [5.74, 6) is 0.737. The Morgan fingerprint density at radius 3 is 2.85 bits per heavy atom. The molecule has 0 atom stereocenters. The number of nitrogens with zero attached hydrogens (tertiary/aromatic N) is 3. The molecular weight excluding hydrogens is 252 g/mol. The van der Waals surface area contributed by atoms with Gasteiger partial charge in [0.1, 0.15) is 11.2 Å². The first kappa shape index (κ1) is 12.7. The molecule has 1 aliphatic rings. The molecule has 0 spiro atoms. The maximum Gasteiger partial charge on any atom is 0.247 e. The maximum atomic E-state index is 12.5. The van der Waals surface area contributed by atoms with Crippen molar-refractivity contribution < 1.29 is 4.79 Å². The molecule has 1 aliphatic carbocycles. The van der Waals surface area contributed by atoms with Crippen LogP contribution in [0.5, 0.6) is 0 Å². The number of hydrogen-bond donors (Lipinski definition) is 1. The summed E-state index contributed by atoms with van der Waals surface area (Å²) < 4.78 is 0. The zero-order valence-corrected chi connectivity index (χ0v) is 11.6. The van der Waals surface area contributed by atoms with Crippen LogP contribution in [-0.2, 0) is 4.79 Å². The minimum absolute atomic E-state index is 0.109. The van der Waals surface area contributed by atoms with Crippen LogP contribution >= 0.6 is 0 Å². The average molecular weight is 268 g/mol. The van der Waals surface area contributed by atoms with E-state index in [-0.39, 0.29) is 5.91 Å². The van der Waals surface area contributed by atoms with E-state index in [1.807, 2.05) is 25.1 Å². The highest BCUT2D eigenvalue weighted by atomic mass is 16.2. The van der Waals surface area contributed by atoms with Gasteiger partial charge in [-0.15, -0.1) is 0 Å². The van der Waals surface area contributed by atoms with Gasteiger partial charge < -0.3 is 9.88 Å². The SMILES string of the molecule is Cc1nc2ccc(N(C)C(=O)C3(C#N)CCC3)cc2[nH]1. The van der Waals surface area contributed by atoms with Crippen LogP contribution in [0.2, 0.25) is 0 Å². The van der Waals surface area contributed by atoms with Crippen molar-refractivity contribution in [3.8, 4) is 6.07 Å². The van der Waals surface area contributed by atoms with E-state index in [0.29, 0.717) is 12.8 Å². The number of fused-ring (bicyclic) bond motifs is 1. The van der Waals surface area contributed by atoms with Gasteiger partial charge in [-0.1, -0.05) is 0 Å². The first-order valence-corrected chi connectivity index (χ1v) is 6.71. The zero-order valence-electron chi connectivity index (χ0n) is 11.6. The zero-order chi connectivity index (χ0) is 14.3. The van der Waals surface area contributed by atoms with Gasteiger partial charge >= 0.3 is 0 Å². The Balaban J connectivity index is 1.94. The van der Waals surface area contributed by atoms with Gasteiger partial charge in [0, 0.05) is 12.7 Å². The molecule has 1 aromatic heterocycles. The summed E-state index contributed by atoms with van der Waals surface area (Å²) in [6, 6.07) is 7.85. The molecule has 5 nitrogen and oxygen atoms in total. The van der Waals surface area contributed by atoms with Gasteiger partial charge in [0.2, 0.25) is 5.91 Å². The Hall–Kier alpha value is -2.35. The fourth-order valence-electron chi connectivity index (χ4n) is 2.68. The van der Waals surface area contributed by atoms with Crippen LogP contribution in [0.1, 0.15) is 25.1 Å². The third-order valence-corrected chi connectivity index (χ3v) is 4.11. The highest BCUT2D eigenvalue weighted by Crippen LogP contribution is 2.42. The van der Waals surface area contributed by atoms with Gasteiger partial charge in [-0.05, 0) is 44.4 Å². The quantitative estimate of drug-likeness (QED) is 0.909. The van der Waals surface area contributed by atoms with E-state index >= 15 is 0 Å². The highest BCUT2D eigenvalue weighted by molar-refractivity contribution is 6.00. The van der Waals surface area contributed by atoms with Crippen molar-refractivity contribution >= 4 is 22.6 Å². The van der Waals surface area contributed by atoms with Gasteiger partial charge in [0.05, 0.1) is 17.1 Å². The number of nitrogens with one attached hydrogen (secondary N) is 1. The molecule has 20 heavy (non-hydrogen) atoms. The summed E-state index contributed by atoms with van der Waals surface area (Å²) in [6.07, 6.45) is 2.28. The normalized spacial score (nSPS) is 16.4. The van der Waals surface area contributed by atoms with Crippen molar-refractivity contribution in [1.29, 1.82) is 5.26 Å². The number of amides is 1. The number of aryl methyl sites for hydroxylation is 1. The summed E-state index contributed by atoms with van der Waals surface area (Å²) in [6.45, 7) is 1.90. The van der Waals surface area contributed by atoms with Crippen LogP contribution in [0.4, 0.5) is 5.69 Å². The molecule has 1 aromatic carbocycles. The van der Waals surface area contributed by atoms with Crippen LogP contribution in [-0.4, -0.2) is 22.9 Å². The number of hydrogen-bond acceptors (Lipinski definition) is 3. The van der Waals surface area contributed by atoms with E-state index in [1.54, 1.807) is 11.9 Å². The number of carbonyl (C=O) groups is 1. The van der Waals surface area contributed by atoms with Crippen molar-refractivity contribution in [2.45, 2.75) is 26.2 Å². The van der Waals surface area contributed by atoms with E-state index in [4.69, 9.17) is 0 Å². The number of aromatic nitrogens is 2. The average Bonchev–Trinajstić information content (AvgIpc) is 2.76. The van der Waals surface area contributed by atoms with Gasteiger partial charge in [0.15, 0.2) is 0 Å². The van der Waals surface area contributed by atoms with E-state index in [1.165, 1.54) is 0 Å². The Kier molecular flexibility index (Phi) is 2.75. The van der Waals surface area contributed by atoms with Gasteiger partial charge in [-0.25, -0.2) is 4.98 Å². The third kappa shape index (κ3) is 1.76. The lowest BCUT2D eigenvalue weighted by Crippen LogP contribution is -2.45. The minimum atomic E-state index is -0.812. The van der Waals surface area contributed by atoms with Crippen LogP contribution in [0.25, 0.3) is 11.0 Å². The number of imidazole rings is 1. The molecule has 1 heterocycles. The fraction of sp³-hybridized carbons (Fsp3) is 0.400. The monoisotopic (exact) mass is 268 g/mol. The number of carbonyl (C=O) groups excluding carboxylic acids is 1. The van der Waals surface area contributed by atoms with Crippen molar-refractivity contribution in [2.24, 2.45) is 5.41 Å². The lowest BCUT2D eigenvalue weighted by atomic mass is 9.69. The summed E-state index contributed by atoms with van der Waals surface area (Å²) in [4.78, 5) is 21.6. The van der Waals surface area contributed by atoms with Crippen molar-refractivity contribution in [2.75, 3.05) is 11.9 Å². The van der Waals surface area contributed by atoms with Crippen LogP contribution in [0.15, 0.2) is 18.2 Å². The first-order valence-electron chi connectivity index (χ1n) is 6.71. The number of benzene rings is 1. The molecule has 2 aromatic rings. The molecule has 5 heteroatoms. The summed E-state index contributed by atoms with van der Waals surface area (Å²) in [5.41, 5.74) is 1.76. The molecule has 1 saturated carbocycles. The van der Waals surface area contributed by atoms with Crippen LogP contribution in [0.3, 0.4) is 0 Å². The van der Waals surface area contributed by atoms with Gasteiger partial charge in [-0.2, -0.15) is 5.26 Å². The summed E-state index contributed by atoms with van der Waals surface area (Å²) in [5, 5.41) is 9.26. The maximum absolute atomic E-state index is 12.5. The topological polar surface area (TPSA) is 72.8 Å². The molecule has 0 aliphatic heterocycles. The Morgan fingerprint density at radius 1 is 1.50 bits per heavy atom. The molecule has 1 amide bonds. The molecule has 0 unspecified atom stereocenters. The Bertz CT molecular complexity index is 721. The van der Waals surface area contributed by atoms with Crippen molar-refractivity contribution in [3.05, 3.63) is 24.0 Å². The van der Waals surface area contributed by atoms with Gasteiger partial charge in [-0.3, -0.25) is 4.79 Å². The number of anilines is 1. The largest absolute Gasteiger partial charge is 0.342 e. The standard InChI is InChI=1S/C15H16N4O/c1-10-17-12-5-4-11(8-13(12)18-10)19(2)14(20)15(9-16)6-3-7-15/h4-5,8H,3,6-7H2,1-2H3,(H,17,18). The lowest BCUT2D eigenvalue weighted by molar-refractivity contribution is -0.128. The number of H-pyrrole nitrogens is 1. The smallest absolute Gasteiger partial charge is 0.247 e. The number of aromatic amines is 1. The predicted molar refractivity (Wildman–Crippen MR) is 76.1 cm³/mol. The van der Waals surface area contributed by atoms with E-state index in [2.05, 4.69) is 16.0 Å². The first-order chi connectivity index (χ1) is 9.55. The number of rotatable bonds is 2. The lowest BCUT2D eigenvalue weighted by Gasteiger charge is -2.36. The molecule has 1 N–H and O–H groups in total. The van der Waals surface area contributed by atoms with E-state index in [0.717, 1.165) is 29.0 Å². The summed E-state index contributed by atoms with van der Waals surface area (Å²) in [7, 11) is 1.73. The third-order valence-electron chi connectivity index (χ3n) is 4.11. The van der Waals surface area contributed by atoms with Crippen molar-refractivity contribution in [1.82, 2.24) is 9.97 Å². The second-order valence-electron chi connectivity index (χ2n) is 5.44. The molecule has 0 radical (unpaired) electrons. The Morgan fingerprint density at radius 2 is 2.25 bits per heavy atom. The molecule has 1 fully saturated rings. The second kappa shape index (κ2) is 4.34. The number of nitriles is 1. The fourth-order valence-corrected chi connectivity index (χ4v) is 2.68. The van der Waals surface area contributed by atoms with E-state index in [9.17, 15) is 10.1 Å². The summed E-state index contributed by atoms with van der Waals surface area (Å²) >= 11 is 0. The van der Waals surface area contributed by atoms with Crippen LogP contribution < -0.4 is 4.90 Å². The molecule has 3 rings (SSSR count). The van der Waals surface area contributed by atoms with Crippen molar-refractivity contribution in [3.63, 3.8) is 0 Å². The predicted octanol–water partition coefficient (Wildman–Crippen LogP) is 2.53. The minimum Gasteiger partial charge on any atom is -0.342 e. The molecule has 0 saturated heterocycles.